The fourth-order valence-corrected chi connectivity index (χ4v) is 2.95. The molecule has 1 aliphatic heterocycles. The summed E-state index contributed by atoms with van der Waals surface area (Å²) in [5.74, 6) is 1.59. The van der Waals surface area contributed by atoms with Crippen molar-refractivity contribution in [3.63, 3.8) is 0 Å². The van der Waals surface area contributed by atoms with E-state index in [1.807, 2.05) is 6.20 Å². The van der Waals surface area contributed by atoms with Crippen molar-refractivity contribution in [1.82, 2.24) is 4.98 Å². The van der Waals surface area contributed by atoms with Gasteiger partial charge in [-0.2, -0.15) is 0 Å². The van der Waals surface area contributed by atoms with Crippen LogP contribution in [0.1, 0.15) is 31.7 Å². The molecule has 1 aromatic heterocycles. The van der Waals surface area contributed by atoms with E-state index < -0.39 is 0 Å². The van der Waals surface area contributed by atoms with Gasteiger partial charge in [-0.15, -0.1) is 11.6 Å². The molecule has 0 spiro atoms. The Morgan fingerprint density at radius 1 is 1.62 bits per heavy atom. The van der Waals surface area contributed by atoms with E-state index in [1.165, 1.54) is 19.3 Å². The molecule has 0 aliphatic carbocycles. The largest absolute Gasteiger partial charge is 0.353 e. The molecule has 0 amide bonds. The van der Waals surface area contributed by atoms with Crippen LogP contribution in [0, 0.1) is 0 Å². The fourth-order valence-electron chi connectivity index (χ4n) is 2.37. The van der Waals surface area contributed by atoms with Gasteiger partial charge in [-0.25, -0.2) is 4.98 Å². The van der Waals surface area contributed by atoms with E-state index in [1.54, 1.807) is 0 Å². The number of aromatic nitrogens is 1. The Bertz CT molecular complexity index is 370. The summed E-state index contributed by atoms with van der Waals surface area (Å²) in [5, 5.41) is 0. The first-order valence-electron chi connectivity index (χ1n) is 5.73. The first kappa shape index (κ1) is 12.2. The summed E-state index contributed by atoms with van der Waals surface area (Å²) < 4.78 is 0.999. The van der Waals surface area contributed by atoms with Gasteiger partial charge in [0.15, 0.2) is 0 Å². The maximum absolute atomic E-state index is 5.99. The van der Waals surface area contributed by atoms with Crippen LogP contribution in [0.4, 0.5) is 5.82 Å². The van der Waals surface area contributed by atoms with Crippen LogP contribution in [-0.4, -0.2) is 17.6 Å². The standard InChI is InChI=1S/C12H16BrClN2/c1-2-11-4-3-5-16(11)12-9(7-14)6-10(13)8-15-12/h6,8,11H,2-5,7H2,1H3. The lowest BCUT2D eigenvalue weighted by atomic mass is 10.1. The van der Waals surface area contributed by atoms with Gasteiger partial charge in [0.05, 0.1) is 5.88 Å². The lowest BCUT2D eigenvalue weighted by molar-refractivity contribution is 0.639. The highest BCUT2D eigenvalue weighted by Gasteiger charge is 2.25. The number of nitrogens with zero attached hydrogens (tertiary/aromatic N) is 2. The van der Waals surface area contributed by atoms with Crippen LogP contribution in [0.2, 0.25) is 0 Å². The molecule has 1 aromatic rings. The Kier molecular flexibility index (Phi) is 4.09. The summed E-state index contributed by atoms with van der Waals surface area (Å²) in [6.45, 7) is 3.35. The van der Waals surface area contributed by atoms with Crippen LogP contribution >= 0.6 is 27.5 Å². The molecule has 16 heavy (non-hydrogen) atoms. The minimum absolute atomic E-state index is 0.523. The minimum atomic E-state index is 0.523. The Hall–Kier alpha value is -0.280. The second-order valence-electron chi connectivity index (χ2n) is 4.17. The SMILES string of the molecule is CCC1CCCN1c1ncc(Br)cc1CCl. The maximum atomic E-state index is 5.99. The van der Waals surface area contributed by atoms with Crippen LogP contribution in [0.5, 0.6) is 0 Å². The van der Waals surface area contributed by atoms with Gasteiger partial charge in [0, 0.05) is 28.8 Å². The average Bonchev–Trinajstić information content (AvgIpc) is 2.76. The number of rotatable bonds is 3. The van der Waals surface area contributed by atoms with Gasteiger partial charge < -0.3 is 4.90 Å². The van der Waals surface area contributed by atoms with Gasteiger partial charge >= 0.3 is 0 Å². The van der Waals surface area contributed by atoms with E-state index in [9.17, 15) is 0 Å². The third-order valence-corrected chi connectivity index (χ3v) is 3.90. The van der Waals surface area contributed by atoms with Crippen LogP contribution in [-0.2, 0) is 5.88 Å². The van der Waals surface area contributed by atoms with Crippen molar-refractivity contribution >= 4 is 33.3 Å². The molecule has 1 fully saturated rings. The highest BCUT2D eigenvalue weighted by molar-refractivity contribution is 9.10. The molecule has 1 saturated heterocycles. The first-order chi connectivity index (χ1) is 7.76. The van der Waals surface area contributed by atoms with Gasteiger partial charge in [0.25, 0.3) is 0 Å². The molecule has 1 unspecified atom stereocenters. The van der Waals surface area contributed by atoms with Crippen LogP contribution in [0.25, 0.3) is 0 Å². The Balaban J connectivity index is 2.31. The van der Waals surface area contributed by atoms with Gasteiger partial charge in [-0.1, -0.05) is 6.92 Å². The summed E-state index contributed by atoms with van der Waals surface area (Å²) in [4.78, 5) is 6.93. The maximum Gasteiger partial charge on any atom is 0.133 e. The van der Waals surface area contributed by atoms with Crippen molar-refractivity contribution in [1.29, 1.82) is 0 Å². The summed E-state index contributed by atoms with van der Waals surface area (Å²) in [6, 6.07) is 2.70. The number of halogens is 2. The quantitative estimate of drug-likeness (QED) is 0.786. The van der Waals surface area contributed by atoms with Gasteiger partial charge in [-0.05, 0) is 41.3 Å². The predicted molar refractivity (Wildman–Crippen MR) is 72.2 cm³/mol. The fraction of sp³-hybridized carbons (Fsp3) is 0.583. The zero-order valence-electron chi connectivity index (χ0n) is 9.42. The molecular formula is C12H16BrClN2. The lowest BCUT2D eigenvalue weighted by Crippen LogP contribution is -2.30. The monoisotopic (exact) mass is 302 g/mol. The van der Waals surface area contributed by atoms with E-state index in [-0.39, 0.29) is 0 Å². The average molecular weight is 304 g/mol. The molecule has 0 bridgehead atoms. The molecule has 4 heteroatoms. The smallest absolute Gasteiger partial charge is 0.133 e. The normalized spacial score (nSPS) is 20.4. The lowest BCUT2D eigenvalue weighted by Gasteiger charge is -2.26. The van der Waals surface area contributed by atoms with E-state index in [4.69, 9.17) is 11.6 Å². The van der Waals surface area contributed by atoms with Gasteiger partial charge in [0.2, 0.25) is 0 Å². The summed E-state index contributed by atoms with van der Waals surface area (Å²) in [5.41, 5.74) is 1.12. The third kappa shape index (κ3) is 2.35. The number of anilines is 1. The molecule has 88 valence electrons. The van der Waals surface area contributed by atoms with E-state index in [0.29, 0.717) is 11.9 Å². The molecule has 0 saturated carbocycles. The van der Waals surface area contributed by atoms with Crippen molar-refractivity contribution in [3.8, 4) is 0 Å². The second-order valence-corrected chi connectivity index (χ2v) is 5.35. The third-order valence-electron chi connectivity index (χ3n) is 3.17. The zero-order valence-corrected chi connectivity index (χ0v) is 11.8. The van der Waals surface area contributed by atoms with Gasteiger partial charge in [0.1, 0.15) is 5.82 Å². The van der Waals surface area contributed by atoms with Crippen molar-refractivity contribution < 1.29 is 0 Å². The van der Waals surface area contributed by atoms with Crippen molar-refractivity contribution in [2.45, 2.75) is 38.1 Å². The molecule has 2 heterocycles. The zero-order chi connectivity index (χ0) is 11.5. The number of alkyl halides is 1. The van der Waals surface area contributed by atoms with Gasteiger partial charge in [-0.3, -0.25) is 0 Å². The predicted octanol–water partition coefficient (Wildman–Crippen LogP) is 3.96. The Labute approximate surface area is 110 Å². The molecule has 0 radical (unpaired) electrons. The molecule has 1 atom stereocenters. The number of pyridine rings is 1. The molecular weight excluding hydrogens is 288 g/mol. The summed E-state index contributed by atoms with van der Waals surface area (Å²) in [6.07, 6.45) is 5.57. The molecule has 2 rings (SSSR count). The highest BCUT2D eigenvalue weighted by Crippen LogP contribution is 2.30. The Morgan fingerprint density at radius 2 is 2.44 bits per heavy atom. The number of hydrogen-bond acceptors (Lipinski definition) is 2. The van der Waals surface area contributed by atoms with Crippen LogP contribution in [0.15, 0.2) is 16.7 Å². The number of hydrogen-bond donors (Lipinski definition) is 0. The molecule has 1 aliphatic rings. The van der Waals surface area contributed by atoms with E-state index in [2.05, 4.69) is 38.8 Å². The second kappa shape index (κ2) is 5.37. The summed E-state index contributed by atoms with van der Waals surface area (Å²) >= 11 is 9.42. The summed E-state index contributed by atoms with van der Waals surface area (Å²) in [7, 11) is 0. The first-order valence-corrected chi connectivity index (χ1v) is 7.06. The Morgan fingerprint density at radius 3 is 3.12 bits per heavy atom. The topological polar surface area (TPSA) is 16.1 Å². The van der Waals surface area contributed by atoms with Crippen LogP contribution in [0.3, 0.4) is 0 Å². The van der Waals surface area contributed by atoms with E-state index in [0.717, 1.165) is 22.4 Å². The van der Waals surface area contributed by atoms with Crippen molar-refractivity contribution in [2.24, 2.45) is 0 Å². The highest BCUT2D eigenvalue weighted by atomic mass is 79.9. The minimum Gasteiger partial charge on any atom is -0.353 e. The molecule has 0 N–H and O–H groups in total. The van der Waals surface area contributed by atoms with Crippen molar-refractivity contribution in [3.05, 3.63) is 22.3 Å². The van der Waals surface area contributed by atoms with E-state index >= 15 is 0 Å². The molecule has 2 nitrogen and oxygen atoms in total. The van der Waals surface area contributed by atoms with Crippen molar-refractivity contribution in [2.75, 3.05) is 11.4 Å². The van der Waals surface area contributed by atoms with Crippen LogP contribution < -0.4 is 4.90 Å². The molecule has 0 aromatic carbocycles.